The van der Waals surface area contributed by atoms with E-state index in [0.717, 1.165) is 22.8 Å². The minimum atomic E-state index is -0.116. The van der Waals surface area contributed by atoms with E-state index in [2.05, 4.69) is 30.1 Å². The van der Waals surface area contributed by atoms with Gasteiger partial charge in [-0.2, -0.15) is 11.8 Å². The van der Waals surface area contributed by atoms with Crippen molar-refractivity contribution in [1.82, 2.24) is 9.38 Å². The quantitative estimate of drug-likeness (QED) is 0.604. The number of nitrogens with zero attached hydrogens (tertiary/aromatic N) is 2. The van der Waals surface area contributed by atoms with Gasteiger partial charge in [0.2, 0.25) is 0 Å². The molecule has 25 heavy (non-hydrogen) atoms. The van der Waals surface area contributed by atoms with Crippen LogP contribution in [0.2, 0.25) is 5.02 Å². The summed E-state index contributed by atoms with van der Waals surface area (Å²) in [5, 5.41) is 0.516. The van der Waals surface area contributed by atoms with Gasteiger partial charge in [0.05, 0.1) is 17.3 Å². The fraction of sp³-hybridized carbons (Fsp3) is 0.263. The average molecular weight is 375 g/mol. The minimum Gasteiger partial charge on any atom is -0.492 e. The first kappa shape index (κ1) is 17.8. The van der Waals surface area contributed by atoms with Crippen molar-refractivity contribution >= 4 is 29.0 Å². The summed E-state index contributed by atoms with van der Waals surface area (Å²) in [6.45, 7) is 4.72. The monoisotopic (exact) mass is 374 g/mol. The molecule has 0 saturated carbocycles. The number of pyridine rings is 1. The van der Waals surface area contributed by atoms with E-state index in [1.807, 2.05) is 6.92 Å². The van der Waals surface area contributed by atoms with Crippen molar-refractivity contribution in [2.75, 3.05) is 12.4 Å². The zero-order valence-corrected chi connectivity index (χ0v) is 15.7. The molecular formula is C19H19ClN2O2S. The Morgan fingerprint density at radius 2 is 2.04 bits per heavy atom. The number of benzene rings is 1. The van der Waals surface area contributed by atoms with Crippen LogP contribution in [0.25, 0.3) is 5.65 Å². The number of aryl methyl sites for hydroxylation is 2. The van der Waals surface area contributed by atoms with Crippen molar-refractivity contribution in [3.8, 4) is 5.75 Å². The first-order valence-electron chi connectivity index (χ1n) is 7.98. The van der Waals surface area contributed by atoms with Crippen molar-refractivity contribution in [3.05, 3.63) is 74.8 Å². The highest BCUT2D eigenvalue weighted by Gasteiger charge is 2.04. The molecule has 0 aliphatic rings. The number of rotatable bonds is 6. The summed E-state index contributed by atoms with van der Waals surface area (Å²) >= 11 is 7.61. The highest BCUT2D eigenvalue weighted by Crippen LogP contribution is 2.19. The molecular weight excluding hydrogens is 356 g/mol. The van der Waals surface area contributed by atoms with E-state index < -0.39 is 0 Å². The van der Waals surface area contributed by atoms with Crippen LogP contribution in [0.4, 0.5) is 0 Å². The van der Waals surface area contributed by atoms with Gasteiger partial charge in [0.25, 0.3) is 5.56 Å². The molecule has 0 bridgehead atoms. The van der Waals surface area contributed by atoms with E-state index in [1.54, 1.807) is 36.2 Å². The van der Waals surface area contributed by atoms with E-state index in [4.69, 9.17) is 16.3 Å². The predicted octanol–water partition coefficient (Wildman–Crippen LogP) is 4.28. The van der Waals surface area contributed by atoms with Crippen molar-refractivity contribution in [1.29, 1.82) is 0 Å². The van der Waals surface area contributed by atoms with E-state index in [1.165, 1.54) is 9.96 Å². The van der Waals surface area contributed by atoms with Crippen LogP contribution < -0.4 is 10.3 Å². The lowest BCUT2D eigenvalue weighted by Crippen LogP contribution is -2.15. The molecule has 2 aromatic heterocycles. The molecule has 0 spiro atoms. The topological polar surface area (TPSA) is 43.6 Å². The Labute approximate surface area is 155 Å². The molecule has 0 radical (unpaired) electrons. The number of thioether (sulfide) groups is 1. The van der Waals surface area contributed by atoms with Crippen molar-refractivity contribution in [2.45, 2.75) is 19.6 Å². The van der Waals surface area contributed by atoms with E-state index in [9.17, 15) is 4.79 Å². The summed E-state index contributed by atoms with van der Waals surface area (Å²) in [6, 6.07) is 11.2. The van der Waals surface area contributed by atoms with Crippen LogP contribution in [0, 0.1) is 13.8 Å². The zero-order chi connectivity index (χ0) is 17.8. The predicted molar refractivity (Wildman–Crippen MR) is 104 cm³/mol. The Morgan fingerprint density at radius 1 is 1.20 bits per heavy atom. The Balaban J connectivity index is 1.55. The molecule has 0 aliphatic carbocycles. The maximum absolute atomic E-state index is 12.1. The summed E-state index contributed by atoms with van der Waals surface area (Å²) in [4.78, 5) is 16.6. The maximum Gasteiger partial charge on any atom is 0.258 e. The molecule has 2 heterocycles. The number of hydrogen-bond acceptors (Lipinski definition) is 4. The zero-order valence-electron chi connectivity index (χ0n) is 14.2. The smallest absolute Gasteiger partial charge is 0.258 e. The van der Waals surface area contributed by atoms with Crippen LogP contribution in [-0.4, -0.2) is 21.7 Å². The first-order valence-corrected chi connectivity index (χ1v) is 9.52. The molecule has 6 heteroatoms. The second kappa shape index (κ2) is 7.93. The van der Waals surface area contributed by atoms with Gasteiger partial charge in [-0.3, -0.25) is 9.20 Å². The lowest BCUT2D eigenvalue weighted by atomic mass is 10.1. The van der Waals surface area contributed by atoms with E-state index >= 15 is 0 Å². The average Bonchev–Trinajstić information content (AvgIpc) is 2.58. The fourth-order valence-electron chi connectivity index (χ4n) is 2.45. The molecule has 0 fully saturated rings. The molecule has 3 rings (SSSR count). The maximum atomic E-state index is 12.1. The summed E-state index contributed by atoms with van der Waals surface area (Å²) in [5.41, 5.74) is 3.59. The van der Waals surface area contributed by atoms with E-state index in [0.29, 0.717) is 23.0 Å². The molecule has 3 aromatic rings. The number of aromatic nitrogens is 2. The van der Waals surface area contributed by atoms with Gasteiger partial charge in [0, 0.05) is 23.8 Å². The van der Waals surface area contributed by atoms with Gasteiger partial charge in [-0.25, -0.2) is 4.98 Å². The Bertz CT molecular complexity index is 956. The first-order chi connectivity index (χ1) is 12.0. The summed E-state index contributed by atoms with van der Waals surface area (Å²) < 4.78 is 7.30. The third kappa shape index (κ3) is 4.55. The van der Waals surface area contributed by atoms with E-state index in [-0.39, 0.29) is 5.56 Å². The van der Waals surface area contributed by atoms with Crippen molar-refractivity contribution in [2.24, 2.45) is 0 Å². The molecule has 0 aliphatic heterocycles. The van der Waals surface area contributed by atoms with Crippen LogP contribution in [0.5, 0.6) is 5.75 Å². The summed E-state index contributed by atoms with van der Waals surface area (Å²) in [6.07, 6.45) is 1.58. The number of ether oxygens (including phenoxy) is 1. The second-order valence-corrected chi connectivity index (χ2v) is 7.37. The summed E-state index contributed by atoms with van der Waals surface area (Å²) in [7, 11) is 0. The minimum absolute atomic E-state index is 0.116. The highest BCUT2D eigenvalue weighted by molar-refractivity contribution is 7.98. The molecule has 130 valence electrons. The second-order valence-electron chi connectivity index (χ2n) is 5.83. The third-order valence-corrected chi connectivity index (χ3v) is 4.93. The van der Waals surface area contributed by atoms with Gasteiger partial charge < -0.3 is 4.74 Å². The molecule has 4 nitrogen and oxygen atoms in total. The van der Waals surface area contributed by atoms with Crippen LogP contribution in [0.15, 0.2) is 47.4 Å². The number of hydrogen-bond donors (Lipinski definition) is 0. The lowest BCUT2D eigenvalue weighted by Gasteiger charge is -2.10. The van der Waals surface area contributed by atoms with Crippen LogP contribution >= 0.6 is 23.4 Å². The Morgan fingerprint density at radius 3 is 2.88 bits per heavy atom. The van der Waals surface area contributed by atoms with Gasteiger partial charge in [-0.15, -0.1) is 0 Å². The standard InChI is InChI=1S/C19H19ClN2O2S/c1-13-3-4-14(2)17(9-13)24-7-8-25-12-16-10-19(23)22-11-15(20)5-6-18(22)21-16/h3-6,9-11H,7-8,12H2,1-2H3. The number of fused-ring (bicyclic) bond motifs is 1. The normalized spacial score (nSPS) is 11.0. The SMILES string of the molecule is Cc1ccc(C)c(OCCSCc2cc(=O)n3cc(Cl)ccc3n2)c1. The molecule has 0 amide bonds. The largest absolute Gasteiger partial charge is 0.492 e. The third-order valence-electron chi connectivity index (χ3n) is 3.76. The molecule has 0 saturated heterocycles. The van der Waals surface area contributed by atoms with Gasteiger partial charge in [-0.05, 0) is 43.2 Å². The van der Waals surface area contributed by atoms with Gasteiger partial charge in [0.1, 0.15) is 11.4 Å². The van der Waals surface area contributed by atoms with Gasteiger partial charge in [0.15, 0.2) is 0 Å². The Kier molecular flexibility index (Phi) is 5.66. The van der Waals surface area contributed by atoms with Crippen molar-refractivity contribution < 1.29 is 4.74 Å². The molecule has 0 unspecified atom stereocenters. The van der Waals surface area contributed by atoms with Crippen LogP contribution in [0.3, 0.4) is 0 Å². The fourth-order valence-corrected chi connectivity index (χ4v) is 3.31. The molecule has 0 atom stereocenters. The molecule has 0 N–H and O–H groups in total. The highest BCUT2D eigenvalue weighted by atomic mass is 35.5. The van der Waals surface area contributed by atoms with Gasteiger partial charge >= 0.3 is 0 Å². The van der Waals surface area contributed by atoms with Gasteiger partial charge in [-0.1, -0.05) is 23.7 Å². The number of halogens is 1. The summed E-state index contributed by atoms with van der Waals surface area (Å²) in [5.74, 6) is 2.43. The van der Waals surface area contributed by atoms with Crippen LogP contribution in [0.1, 0.15) is 16.8 Å². The Hall–Kier alpha value is -1.98. The van der Waals surface area contributed by atoms with Crippen molar-refractivity contribution in [3.63, 3.8) is 0 Å². The lowest BCUT2D eigenvalue weighted by molar-refractivity contribution is 0.341. The molecule has 1 aromatic carbocycles. The van der Waals surface area contributed by atoms with Crippen LogP contribution in [-0.2, 0) is 5.75 Å².